The molecule has 1 aromatic heterocycles. The van der Waals surface area contributed by atoms with Crippen LogP contribution in [0.4, 0.5) is 5.13 Å². The number of piperazine rings is 1. The Morgan fingerprint density at radius 2 is 1.73 bits per heavy atom. The van der Waals surface area contributed by atoms with E-state index in [9.17, 15) is 14.4 Å². The summed E-state index contributed by atoms with van der Waals surface area (Å²) in [7, 11) is 1.57. The van der Waals surface area contributed by atoms with Crippen molar-refractivity contribution in [2.75, 3.05) is 51.7 Å². The summed E-state index contributed by atoms with van der Waals surface area (Å²) in [6.07, 6.45) is 0.195. The molecule has 0 unspecified atom stereocenters. The zero-order valence-corrected chi connectivity index (χ0v) is 24.2. The minimum absolute atomic E-state index is 0.0377. The number of hydrogen-bond donors (Lipinski definition) is 1. The third kappa shape index (κ3) is 8.37. The van der Waals surface area contributed by atoms with E-state index >= 15 is 0 Å². The number of aromatic nitrogens is 1. The van der Waals surface area contributed by atoms with E-state index < -0.39 is 0 Å². The van der Waals surface area contributed by atoms with Gasteiger partial charge in [0.2, 0.25) is 11.8 Å². The lowest BCUT2D eigenvalue weighted by atomic mass is 10.1. The molecule has 9 nitrogen and oxygen atoms in total. The molecular formula is C30H37N5O4S. The number of hydrogen-bond acceptors (Lipinski definition) is 7. The highest BCUT2D eigenvalue weighted by molar-refractivity contribution is 7.13. The Morgan fingerprint density at radius 3 is 2.38 bits per heavy atom. The summed E-state index contributed by atoms with van der Waals surface area (Å²) in [5.74, 6) is 0.335. The highest BCUT2D eigenvalue weighted by atomic mass is 32.1. The fraction of sp³-hybridized carbons (Fsp3) is 0.400. The molecule has 0 aliphatic carbocycles. The quantitative estimate of drug-likeness (QED) is 0.382. The Kier molecular flexibility index (Phi) is 10.3. The second kappa shape index (κ2) is 14.0. The van der Waals surface area contributed by atoms with Gasteiger partial charge in [-0.25, -0.2) is 4.98 Å². The second-order valence-corrected chi connectivity index (χ2v) is 11.2. The second-order valence-electron chi connectivity index (χ2n) is 10.3. The SMILES string of the molecule is COc1ccc(C(=O)N(CC(=O)Nc2nc(CC(=O)N3CCN(Cc4ccccc4)CC3)cs2)CC(C)C)cc1. The fourth-order valence-electron chi connectivity index (χ4n) is 4.62. The van der Waals surface area contributed by atoms with Crippen molar-refractivity contribution in [2.45, 2.75) is 26.8 Å². The molecule has 1 saturated heterocycles. The molecule has 3 amide bonds. The minimum atomic E-state index is -0.329. The van der Waals surface area contributed by atoms with Crippen LogP contribution in [0.15, 0.2) is 60.0 Å². The number of nitrogens with one attached hydrogen (secondary N) is 1. The number of methoxy groups -OCH3 is 1. The van der Waals surface area contributed by atoms with Crippen molar-refractivity contribution in [2.24, 2.45) is 5.92 Å². The van der Waals surface area contributed by atoms with Gasteiger partial charge in [0, 0.05) is 50.2 Å². The normalized spacial score (nSPS) is 13.8. The smallest absolute Gasteiger partial charge is 0.254 e. The maximum atomic E-state index is 13.1. The number of nitrogens with zero attached hydrogens (tertiary/aromatic N) is 4. The Bertz CT molecular complexity index is 1270. The van der Waals surface area contributed by atoms with Crippen molar-refractivity contribution in [1.29, 1.82) is 0 Å². The monoisotopic (exact) mass is 563 g/mol. The number of ether oxygens (including phenoxy) is 1. The molecular weight excluding hydrogens is 526 g/mol. The molecule has 0 radical (unpaired) electrons. The molecule has 40 heavy (non-hydrogen) atoms. The first-order chi connectivity index (χ1) is 19.3. The molecule has 2 heterocycles. The van der Waals surface area contributed by atoms with Gasteiger partial charge in [-0.3, -0.25) is 19.3 Å². The molecule has 3 aromatic rings. The maximum absolute atomic E-state index is 13.1. The molecule has 2 aromatic carbocycles. The van der Waals surface area contributed by atoms with E-state index in [1.54, 1.807) is 36.8 Å². The molecule has 1 N–H and O–H groups in total. The number of rotatable bonds is 11. The van der Waals surface area contributed by atoms with Gasteiger partial charge >= 0.3 is 0 Å². The third-order valence-corrected chi connectivity index (χ3v) is 7.46. The van der Waals surface area contributed by atoms with Crippen LogP contribution < -0.4 is 10.1 Å². The first-order valence-corrected chi connectivity index (χ1v) is 14.4. The Hall–Kier alpha value is -3.76. The molecule has 10 heteroatoms. The van der Waals surface area contributed by atoms with Crippen LogP contribution in [-0.4, -0.2) is 83.8 Å². The molecule has 1 aliphatic rings. The van der Waals surface area contributed by atoms with Crippen LogP contribution in [0.5, 0.6) is 5.75 Å². The predicted molar refractivity (Wildman–Crippen MR) is 156 cm³/mol. The third-order valence-electron chi connectivity index (χ3n) is 6.65. The van der Waals surface area contributed by atoms with E-state index in [1.807, 2.05) is 36.9 Å². The predicted octanol–water partition coefficient (Wildman–Crippen LogP) is 3.78. The topological polar surface area (TPSA) is 95.1 Å². The number of amides is 3. The molecule has 4 rings (SSSR count). The van der Waals surface area contributed by atoms with Crippen LogP contribution in [0.1, 0.15) is 35.5 Å². The number of benzene rings is 2. The van der Waals surface area contributed by atoms with Crippen molar-refractivity contribution in [3.8, 4) is 5.75 Å². The highest BCUT2D eigenvalue weighted by Gasteiger charge is 2.23. The van der Waals surface area contributed by atoms with E-state index in [0.717, 1.165) is 19.6 Å². The summed E-state index contributed by atoms with van der Waals surface area (Å²) in [5, 5.41) is 5.01. The molecule has 0 atom stereocenters. The van der Waals surface area contributed by atoms with Gasteiger partial charge in [0.25, 0.3) is 5.91 Å². The van der Waals surface area contributed by atoms with Crippen molar-refractivity contribution in [3.63, 3.8) is 0 Å². The first-order valence-electron chi connectivity index (χ1n) is 13.5. The van der Waals surface area contributed by atoms with Crippen LogP contribution in [-0.2, 0) is 22.6 Å². The van der Waals surface area contributed by atoms with Gasteiger partial charge in [0.05, 0.1) is 19.2 Å². The van der Waals surface area contributed by atoms with Crippen LogP contribution in [0.2, 0.25) is 0 Å². The van der Waals surface area contributed by atoms with Crippen LogP contribution in [0.3, 0.4) is 0 Å². The summed E-state index contributed by atoms with van der Waals surface area (Å²) in [4.78, 5) is 49.1. The summed E-state index contributed by atoms with van der Waals surface area (Å²) in [5.41, 5.74) is 2.40. The highest BCUT2D eigenvalue weighted by Crippen LogP contribution is 2.18. The van der Waals surface area contributed by atoms with Gasteiger partial charge in [-0.15, -0.1) is 11.3 Å². The van der Waals surface area contributed by atoms with E-state index in [4.69, 9.17) is 4.74 Å². The zero-order valence-electron chi connectivity index (χ0n) is 23.3. The Labute approximate surface area is 239 Å². The summed E-state index contributed by atoms with van der Waals surface area (Å²) in [6, 6.07) is 17.2. The van der Waals surface area contributed by atoms with Crippen LogP contribution in [0, 0.1) is 5.92 Å². The van der Waals surface area contributed by atoms with Gasteiger partial charge in [0.1, 0.15) is 12.3 Å². The summed E-state index contributed by atoms with van der Waals surface area (Å²) < 4.78 is 5.17. The average molecular weight is 564 g/mol. The van der Waals surface area contributed by atoms with Gasteiger partial charge in [-0.2, -0.15) is 0 Å². The standard InChI is InChI=1S/C30H37N5O4S/c1-22(2)18-35(29(38)24-9-11-26(39-3)12-10-24)20-27(36)32-30-31-25(21-40-30)17-28(37)34-15-13-33(14-16-34)19-23-7-5-4-6-8-23/h4-12,21-22H,13-20H2,1-3H3,(H,31,32,36). The van der Waals surface area contributed by atoms with Crippen molar-refractivity contribution >= 4 is 34.2 Å². The molecule has 0 saturated carbocycles. The lowest BCUT2D eigenvalue weighted by Gasteiger charge is -2.34. The Balaban J connectivity index is 1.26. The van der Waals surface area contributed by atoms with Gasteiger partial charge in [-0.05, 0) is 35.7 Å². The number of anilines is 1. The lowest BCUT2D eigenvalue weighted by molar-refractivity contribution is -0.132. The first kappa shape index (κ1) is 29.2. The number of thiazole rings is 1. The van der Waals surface area contributed by atoms with Crippen molar-refractivity contribution in [1.82, 2.24) is 19.7 Å². The maximum Gasteiger partial charge on any atom is 0.254 e. The van der Waals surface area contributed by atoms with Crippen LogP contribution in [0.25, 0.3) is 0 Å². The largest absolute Gasteiger partial charge is 0.497 e. The fourth-order valence-corrected chi connectivity index (χ4v) is 5.34. The number of carbonyl (C=O) groups is 3. The van der Waals surface area contributed by atoms with Gasteiger partial charge in [0.15, 0.2) is 5.13 Å². The average Bonchev–Trinajstić information content (AvgIpc) is 3.39. The molecule has 212 valence electrons. The van der Waals surface area contributed by atoms with Gasteiger partial charge in [-0.1, -0.05) is 44.2 Å². The number of carbonyl (C=O) groups excluding carboxylic acids is 3. The molecule has 1 fully saturated rings. The molecule has 0 spiro atoms. The van der Waals surface area contributed by atoms with E-state index in [-0.39, 0.29) is 36.6 Å². The molecule has 0 bridgehead atoms. The Morgan fingerprint density at radius 1 is 1.02 bits per heavy atom. The summed E-state index contributed by atoms with van der Waals surface area (Å²) in [6.45, 7) is 8.28. The van der Waals surface area contributed by atoms with Crippen LogP contribution >= 0.6 is 11.3 Å². The lowest BCUT2D eigenvalue weighted by Crippen LogP contribution is -2.48. The van der Waals surface area contributed by atoms with E-state index in [2.05, 4.69) is 27.3 Å². The van der Waals surface area contributed by atoms with Crippen molar-refractivity contribution in [3.05, 3.63) is 76.8 Å². The summed E-state index contributed by atoms with van der Waals surface area (Å²) >= 11 is 1.28. The molecule has 1 aliphatic heterocycles. The zero-order chi connectivity index (χ0) is 28.5. The van der Waals surface area contributed by atoms with Gasteiger partial charge < -0.3 is 19.9 Å². The van der Waals surface area contributed by atoms with Crippen molar-refractivity contribution < 1.29 is 19.1 Å². The van der Waals surface area contributed by atoms with E-state index in [1.165, 1.54) is 21.8 Å². The van der Waals surface area contributed by atoms with E-state index in [0.29, 0.717) is 41.8 Å². The minimum Gasteiger partial charge on any atom is -0.497 e.